The van der Waals surface area contributed by atoms with Gasteiger partial charge in [-0.25, -0.2) is 0 Å². The molecule has 268 valence electrons. The van der Waals surface area contributed by atoms with Gasteiger partial charge in [0.25, 0.3) is 0 Å². The van der Waals surface area contributed by atoms with E-state index in [9.17, 15) is 4.79 Å². The van der Waals surface area contributed by atoms with Gasteiger partial charge in [0, 0.05) is 12.8 Å². The van der Waals surface area contributed by atoms with Gasteiger partial charge in [-0.3, -0.25) is 4.79 Å². The number of carbonyl (C=O) groups is 1. The van der Waals surface area contributed by atoms with E-state index in [1.807, 2.05) is 0 Å². The lowest BCUT2D eigenvalue weighted by atomic mass is 9.85. The molecule has 9 nitrogen and oxygen atoms in total. The summed E-state index contributed by atoms with van der Waals surface area (Å²) in [5, 5.41) is 0. The van der Waals surface area contributed by atoms with Gasteiger partial charge in [0.05, 0.1) is 79.3 Å². The Balaban J connectivity index is 1.81. The molecule has 0 heterocycles. The summed E-state index contributed by atoms with van der Waals surface area (Å²) in [6, 6.07) is 4.42. The molecule has 1 aromatic rings. The van der Waals surface area contributed by atoms with Crippen molar-refractivity contribution in [3.8, 4) is 5.75 Å². The fourth-order valence-corrected chi connectivity index (χ4v) is 4.62. The van der Waals surface area contributed by atoms with Crippen LogP contribution in [-0.2, 0) is 38.6 Å². The first-order valence-electron chi connectivity index (χ1n) is 17.4. The van der Waals surface area contributed by atoms with Gasteiger partial charge in [-0.1, -0.05) is 46.8 Å². The molecule has 0 amide bonds. The minimum absolute atomic E-state index is 0.123. The number of hydrogen-bond acceptors (Lipinski definition) is 9. The largest absolute Gasteiger partial charge is 0.491 e. The third kappa shape index (κ3) is 22.9. The summed E-state index contributed by atoms with van der Waals surface area (Å²) in [6.07, 6.45) is 4.37. The van der Waals surface area contributed by atoms with E-state index in [-0.39, 0.29) is 11.2 Å². The molecule has 0 radical (unpaired) electrons. The van der Waals surface area contributed by atoms with Crippen LogP contribution in [0.4, 0.5) is 0 Å². The van der Waals surface area contributed by atoms with Crippen molar-refractivity contribution in [2.45, 2.75) is 86.0 Å². The zero-order chi connectivity index (χ0) is 34.0. The average molecular weight is 654 g/mol. The molecular weight excluding hydrogens is 586 g/mol. The Morgan fingerprint density at radius 3 is 1.52 bits per heavy atom. The molecule has 0 N–H and O–H groups in total. The van der Waals surface area contributed by atoms with Crippen LogP contribution < -0.4 is 4.74 Å². The second-order valence-electron chi connectivity index (χ2n) is 13.4. The highest BCUT2D eigenvalue weighted by molar-refractivity contribution is 5.78. The summed E-state index contributed by atoms with van der Waals surface area (Å²) in [4.78, 5) is 14.4. The summed E-state index contributed by atoms with van der Waals surface area (Å²) in [6.45, 7) is 24.1. The van der Waals surface area contributed by atoms with Crippen molar-refractivity contribution in [3.05, 3.63) is 28.8 Å². The number of ketones is 1. The zero-order valence-corrected chi connectivity index (χ0v) is 30.6. The Bertz CT molecular complexity index is 879. The van der Waals surface area contributed by atoms with Gasteiger partial charge in [0.1, 0.15) is 18.1 Å². The maximum absolute atomic E-state index is 12.0. The third-order valence-electron chi connectivity index (χ3n) is 7.52. The number of ether oxygens (including phenoxy) is 7. The van der Waals surface area contributed by atoms with E-state index in [1.165, 1.54) is 12.0 Å². The van der Waals surface area contributed by atoms with Crippen molar-refractivity contribution in [1.29, 1.82) is 0 Å². The van der Waals surface area contributed by atoms with E-state index in [0.717, 1.165) is 48.7 Å². The maximum atomic E-state index is 12.0. The fraction of sp³-hybridized carbons (Fsp3) is 0.811. The van der Waals surface area contributed by atoms with Crippen LogP contribution in [0, 0.1) is 19.8 Å². The molecular formula is C37H67NO8. The van der Waals surface area contributed by atoms with Crippen molar-refractivity contribution in [2.75, 3.05) is 106 Å². The molecule has 0 unspecified atom stereocenters. The van der Waals surface area contributed by atoms with Gasteiger partial charge in [0.15, 0.2) is 0 Å². The molecule has 0 aliphatic carbocycles. The first kappa shape index (κ1) is 42.4. The van der Waals surface area contributed by atoms with Gasteiger partial charge >= 0.3 is 0 Å². The van der Waals surface area contributed by atoms with E-state index in [4.69, 9.17) is 33.2 Å². The van der Waals surface area contributed by atoms with Crippen LogP contribution in [0.15, 0.2) is 12.1 Å². The number of benzene rings is 1. The van der Waals surface area contributed by atoms with E-state index in [2.05, 4.69) is 72.5 Å². The maximum Gasteiger partial charge on any atom is 0.135 e. The lowest BCUT2D eigenvalue weighted by Gasteiger charge is -2.22. The van der Waals surface area contributed by atoms with Gasteiger partial charge in [-0.15, -0.1) is 0 Å². The third-order valence-corrected chi connectivity index (χ3v) is 7.52. The highest BCUT2D eigenvalue weighted by atomic mass is 16.6. The van der Waals surface area contributed by atoms with Crippen LogP contribution >= 0.6 is 0 Å². The van der Waals surface area contributed by atoms with Crippen LogP contribution in [-0.4, -0.2) is 117 Å². The van der Waals surface area contributed by atoms with Crippen LogP contribution in [0.2, 0.25) is 0 Å². The molecule has 0 saturated heterocycles. The molecule has 9 heteroatoms. The topological polar surface area (TPSA) is 84.9 Å². The fourth-order valence-electron chi connectivity index (χ4n) is 4.62. The van der Waals surface area contributed by atoms with Crippen molar-refractivity contribution < 1.29 is 38.0 Å². The van der Waals surface area contributed by atoms with Gasteiger partial charge < -0.3 is 38.1 Å². The lowest BCUT2D eigenvalue weighted by Crippen LogP contribution is -2.22. The lowest BCUT2D eigenvalue weighted by molar-refractivity contribution is -0.120. The number of rotatable bonds is 30. The number of hydrogen-bond donors (Lipinski definition) is 0. The molecule has 1 rings (SSSR count). The minimum atomic E-state index is 0.123. The summed E-state index contributed by atoms with van der Waals surface area (Å²) < 4.78 is 39.2. The Labute approximate surface area is 280 Å². The van der Waals surface area contributed by atoms with E-state index in [0.29, 0.717) is 98.7 Å². The monoisotopic (exact) mass is 653 g/mol. The molecule has 0 fully saturated rings. The van der Waals surface area contributed by atoms with Gasteiger partial charge in [-0.05, 0) is 81.3 Å². The summed E-state index contributed by atoms with van der Waals surface area (Å²) >= 11 is 0. The molecule has 0 aromatic heterocycles. The number of Topliss-reactive ketones (excluding diaryl/α,β-unsaturated/α-hetero) is 1. The van der Waals surface area contributed by atoms with Gasteiger partial charge in [0.2, 0.25) is 0 Å². The molecule has 0 spiro atoms. The first-order valence-corrected chi connectivity index (χ1v) is 17.4. The Morgan fingerprint density at radius 1 is 0.652 bits per heavy atom. The second-order valence-corrected chi connectivity index (χ2v) is 13.4. The van der Waals surface area contributed by atoms with Crippen LogP contribution in [0.25, 0.3) is 0 Å². The SMILES string of the molecule is Cc1cc(C(C)(C)C)cc(C)c1OCCOCCOCCOCCOCCOCCOCCC(=O)CCCCN(C)CCC(C)C. The Kier molecular flexibility index (Phi) is 24.3. The van der Waals surface area contributed by atoms with Gasteiger partial charge in [-0.2, -0.15) is 0 Å². The number of unbranched alkanes of at least 4 members (excludes halogenated alkanes) is 1. The van der Waals surface area contributed by atoms with E-state index >= 15 is 0 Å². The summed E-state index contributed by atoms with van der Waals surface area (Å²) in [5.74, 6) is 1.96. The standard InChI is InChI=1S/C37H67NO8/c1-31(2)12-15-38(8)14-10-9-11-35(39)13-16-40-17-18-41-19-20-42-21-22-43-23-24-44-25-26-45-27-28-46-36-32(3)29-34(30-33(36)4)37(5,6)7/h29-31H,9-28H2,1-8H3. The number of nitrogens with zero attached hydrogens (tertiary/aromatic N) is 1. The predicted octanol–water partition coefficient (Wildman–Crippen LogP) is 6.19. The Hall–Kier alpha value is -1.59. The van der Waals surface area contributed by atoms with E-state index < -0.39 is 0 Å². The van der Waals surface area contributed by atoms with Crippen molar-refractivity contribution >= 4 is 5.78 Å². The first-order chi connectivity index (χ1) is 22.0. The van der Waals surface area contributed by atoms with Crippen LogP contribution in [0.5, 0.6) is 5.75 Å². The molecule has 46 heavy (non-hydrogen) atoms. The molecule has 0 bridgehead atoms. The highest BCUT2D eigenvalue weighted by Gasteiger charge is 2.16. The van der Waals surface area contributed by atoms with Crippen LogP contribution in [0.1, 0.15) is 83.4 Å². The normalized spacial score (nSPS) is 12.0. The van der Waals surface area contributed by atoms with Crippen molar-refractivity contribution in [1.82, 2.24) is 4.90 Å². The van der Waals surface area contributed by atoms with Crippen molar-refractivity contribution in [3.63, 3.8) is 0 Å². The molecule has 1 aromatic carbocycles. The molecule has 0 saturated carbocycles. The number of carbonyl (C=O) groups excluding carboxylic acids is 1. The quantitative estimate of drug-likeness (QED) is 0.0903. The smallest absolute Gasteiger partial charge is 0.135 e. The summed E-state index contributed by atoms with van der Waals surface area (Å²) in [7, 11) is 2.16. The molecule has 0 aliphatic rings. The highest BCUT2D eigenvalue weighted by Crippen LogP contribution is 2.31. The van der Waals surface area contributed by atoms with E-state index in [1.54, 1.807) is 0 Å². The summed E-state index contributed by atoms with van der Waals surface area (Å²) in [5.41, 5.74) is 3.76. The molecule has 0 atom stereocenters. The van der Waals surface area contributed by atoms with Crippen LogP contribution in [0.3, 0.4) is 0 Å². The predicted molar refractivity (Wildman–Crippen MR) is 185 cm³/mol. The average Bonchev–Trinajstić information content (AvgIpc) is 2.99. The second kappa shape index (κ2) is 26.4. The minimum Gasteiger partial charge on any atom is -0.491 e. The Morgan fingerprint density at radius 2 is 1.09 bits per heavy atom. The molecule has 0 aliphatic heterocycles. The number of aryl methyl sites for hydroxylation is 2. The zero-order valence-electron chi connectivity index (χ0n) is 30.6. The van der Waals surface area contributed by atoms with Crippen molar-refractivity contribution in [2.24, 2.45) is 5.92 Å².